The summed E-state index contributed by atoms with van der Waals surface area (Å²) in [7, 11) is 0. The van der Waals surface area contributed by atoms with Crippen molar-refractivity contribution in [2.45, 2.75) is 25.8 Å². The maximum atomic E-state index is 9.50. The molecule has 0 aliphatic carbocycles. The molecule has 0 aromatic heterocycles. The van der Waals surface area contributed by atoms with Gasteiger partial charge in [-0.1, -0.05) is 54.3 Å². The summed E-state index contributed by atoms with van der Waals surface area (Å²) in [6.07, 6.45) is -0.513. The zero-order chi connectivity index (χ0) is 12.0. The summed E-state index contributed by atoms with van der Waals surface area (Å²) in [4.78, 5) is 1.81. The Balaban J connectivity index is 2.46. The second-order valence-electron chi connectivity index (χ2n) is 3.46. The van der Waals surface area contributed by atoms with E-state index in [9.17, 15) is 5.11 Å². The molecule has 1 rings (SSSR count). The van der Waals surface area contributed by atoms with Gasteiger partial charge in [0.15, 0.2) is 0 Å². The first-order valence-corrected chi connectivity index (χ1v) is 6.70. The van der Waals surface area contributed by atoms with Crippen LogP contribution in [0.2, 0.25) is 0 Å². The van der Waals surface area contributed by atoms with Gasteiger partial charge in [-0.3, -0.25) is 0 Å². The molecular formula is C12H17NOS2. The lowest BCUT2D eigenvalue weighted by atomic mass is 10.2. The molecule has 1 unspecified atom stereocenters. The first kappa shape index (κ1) is 13.5. The zero-order valence-electron chi connectivity index (χ0n) is 9.59. The molecule has 0 radical (unpaired) electrons. The second-order valence-corrected chi connectivity index (χ2v) is 5.07. The third kappa shape index (κ3) is 4.12. The Kier molecular flexibility index (Phi) is 5.80. The summed E-state index contributed by atoms with van der Waals surface area (Å²) in [6, 6.07) is 10.2. The Morgan fingerprint density at radius 3 is 2.56 bits per heavy atom. The highest BCUT2D eigenvalue weighted by Gasteiger charge is 2.12. The molecule has 0 bridgehead atoms. The van der Waals surface area contributed by atoms with Crippen LogP contribution in [0.15, 0.2) is 30.3 Å². The van der Waals surface area contributed by atoms with Crippen molar-refractivity contribution in [1.82, 2.24) is 4.90 Å². The van der Waals surface area contributed by atoms with Gasteiger partial charge in [-0.05, 0) is 19.4 Å². The van der Waals surface area contributed by atoms with E-state index in [2.05, 4.69) is 12.1 Å². The Labute approximate surface area is 107 Å². The van der Waals surface area contributed by atoms with Crippen LogP contribution in [0.1, 0.15) is 19.4 Å². The molecule has 0 fully saturated rings. The molecule has 1 atom stereocenters. The van der Waals surface area contributed by atoms with Crippen molar-refractivity contribution in [3.8, 4) is 0 Å². The molecule has 0 saturated carbocycles. The van der Waals surface area contributed by atoms with E-state index in [4.69, 9.17) is 12.2 Å². The minimum absolute atomic E-state index is 0.513. The van der Waals surface area contributed by atoms with Crippen LogP contribution in [0, 0.1) is 0 Å². The maximum Gasteiger partial charge on any atom is 0.138 e. The number of hydrogen-bond acceptors (Lipinski definition) is 3. The van der Waals surface area contributed by atoms with Crippen molar-refractivity contribution >= 4 is 28.3 Å². The molecule has 1 aromatic rings. The van der Waals surface area contributed by atoms with Gasteiger partial charge in [0.1, 0.15) is 10.5 Å². The van der Waals surface area contributed by atoms with Crippen LogP contribution in [0.3, 0.4) is 0 Å². The molecule has 0 aliphatic heterocycles. The summed E-state index contributed by atoms with van der Waals surface area (Å²) >= 11 is 6.87. The molecule has 0 saturated heterocycles. The van der Waals surface area contributed by atoms with Gasteiger partial charge in [-0.25, -0.2) is 0 Å². The number of thiocarbonyl (C=S) groups is 1. The number of aliphatic hydroxyl groups excluding tert-OH is 1. The molecule has 2 nitrogen and oxygen atoms in total. The standard InChI is InChI=1S/C12H17NOS2/c1-3-13(10(2)14)12(15)16-9-11-7-5-4-6-8-11/h4-8,10,14H,3,9H2,1-2H3. The minimum Gasteiger partial charge on any atom is -0.374 e. The quantitative estimate of drug-likeness (QED) is 0.660. The number of thioether (sulfide) groups is 1. The van der Waals surface area contributed by atoms with Gasteiger partial charge in [0.05, 0.1) is 0 Å². The fraction of sp³-hybridized carbons (Fsp3) is 0.417. The van der Waals surface area contributed by atoms with Crippen LogP contribution >= 0.6 is 24.0 Å². The largest absolute Gasteiger partial charge is 0.374 e. The van der Waals surface area contributed by atoms with Crippen molar-refractivity contribution in [2.24, 2.45) is 0 Å². The van der Waals surface area contributed by atoms with Gasteiger partial charge in [0.2, 0.25) is 0 Å². The van der Waals surface area contributed by atoms with Crippen LogP contribution in [-0.4, -0.2) is 27.1 Å². The van der Waals surface area contributed by atoms with Crippen LogP contribution in [0.4, 0.5) is 0 Å². The van der Waals surface area contributed by atoms with Crippen molar-refractivity contribution in [2.75, 3.05) is 6.54 Å². The van der Waals surface area contributed by atoms with Crippen LogP contribution in [-0.2, 0) is 5.75 Å². The van der Waals surface area contributed by atoms with E-state index in [-0.39, 0.29) is 0 Å². The smallest absolute Gasteiger partial charge is 0.138 e. The summed E-state index contributed by atoms with van der Waals surface area (Å²) in [5, 5.41) is 9.50. The number of rotatable bonds is 4. The van der Waals surface area contributed by atoms with Crippen molar-refractivity contribution < 1.29 is 5.11 Å². The van der Waals surface area contributed by atoms with E-state index in [0.29, 0.717) is 0 Å². The topological polar surface area (TPSA) is 23.5 Å². The molecule has 1 aromatic carbocycles. The molecule has 4 heteroatoms. The lowest BCUT2D eigenvalue weighted by molar-refractivity contribution is 0.0782. The highest BCUT2D eigenvalue weighted by molar-refractivity contribution is 8.22. The third-order valence-corrected chi connectivity index (χ3v) is 3.78. The number of aliphatic hydroxyl groups is 1. The molecule has 0 amide bonds. The summed E-state index contributed by atoms with van der Waals surface area (Å²) in [5.74, 6) is 0.850. The van der Waals surface area contributed by atoms with Crippen molar-refractivity contribution in [3.05, 3.63) is 35.9 Å². The monoisotopic (exact) mass is 255 g/mol. The van der Waals surface area contributed by atoms with E-state index in [1.165, 1.54) is 5.56 Å². The average molecular weight is 255 g/mol. The Morgan fingerprint density at radius 2 is 2.06 bits per heavy atom. The number of benzene rings is 1. The molecule has 16 heavy (non-hydrogen) atoms. The van der Waals surface area contributed by atoms with Gasteiger partial charge >= 0.3 is 0 Å². The van der Waals surface area contributed by atoms with E-state index in [1.54, 1.807) is 18.7 Å². The van der Waals surface area contributed by atoms with E-state index >= 15 is 0 Å². The Hall–Kier alpha value is -0.580. The predicted molar refractivity (Wildman–Crippen MR) is 74.4 cm³/mol. The summed E-state index contributed by atoms with van der Waals surface area (Å²) < 4.78 is 0.751. The number of nitrogens with zero attached hydrogens (tertiary/aromatic N) is 1. The van der Waals surface area contributed by atoms with Gasteiger partial charge in [-0.2, -0.15) is 0 Å². The lowest BCUT2D eigenvalue weighted by Crippen LogP contribution is -2.35. The lowest BCUT2D eigenvalue weighted by Gasteiger charge is -2.25. The maximum absolute atomic E-state index is 9.50. The van der Waals surface area contributed by atoms with Crippen molar-refractivity contribution in [1.29, 1.82) is 0 Å². The van der Waals surface area contributed by atoms with Gasteiger partial charge < -0.3 is 10.0 Å². The fourth-order valence-corrected chi connectivity index (χ4v) is 2.74. The Morgan fingerprint density at radius 1 is 1.44 bits per heavy atom. The summed E-state index contributed by atoms with van der Waals surface area (Å²) in [5.41, 5.74) is 1.25. The molecule has 1 N–H and O–H groups in total. The van der Waals surface area contributed by atoms with E-state index in [1.807, 2.05) is 30.0 Å². The SMILES string of the molecule is CCN(C(=S)SCc1ccccc1)C(C)O. The molecule has 88 valence electrons. The van der Waals surface area contributed by atoms with Gasteiger partial charge in [0.25, 0.3) is 0 Å². The normalized spacial score (nSPS) is 12.2. The highest BCUT2D eigenvalue weighted by Crippen LogP contribution is 2.17. The van der Waals surface area contributed by atoms with Gasteiger partial charge in [0, 0.05) is 12.3 Å². The van der Waals surface area contributed by atoms with E-state index < -0.39 is 6.23 Å². The zero-order valence-corrected chi connectivity index (χ0v) is 11.2. The predicted octanol–water partition coefficient (Wildman–Crippen LogP) is 2.86. The minimum atomic E-state index is -0.513. The fourth-order valence-electron chi connectivity index (χ4n) is 1.35. The van der Waals surface area contributed by atoms with Crippen LogP contribution in [0.5, 0.6) is 0 Å². The molecule has 0 spiro atoms. The van der Waals surface area contributed by atoms with Gasteiger partial charge in [-0.15, -0.1) is 0 Å². The third-order valence-electron chi connectivity index (χ3n) is 2.23. The van der Waals surface area contributed by atoms with Crippen LogP contribution < -0.4 is 0 Å². The molecule has 0 aliphatic rings. The second kappa shape index (κ2) is 6.89. The van der Waals surface area contributed by atoms with E-state index in [0.717, 1.165) is 16.6 Å². The molecule has 0 heterocycles. The Bertz CT molecular complexity index is 327. The number of hydrogen-bond donors (Lipinski definition) is 1. The molecular weight excluding hydrogens is 238 g/mol. The summed E-state index contributed by atoms with van der Waals surface area (Å²) in [6.45, 7) is 4.46. The highest BCUT2D eigenvalue weighted by atomic mass is 32.2. The first-order valence-electron chi connectivity index (χ1n) is 5.30. The average Bonchev–Trinajstić information content (AvgIpc) is 2.28. The first-order chi connectivity index (χ1) is 7.65. The van der Waals surface area contributed by atoms with Crippen molar-refractivity contribution in [3.63, 3.8) is 0 Å². The van der Waals surface area contributed by atoms with Crippen LogP contribution in [0.25, 0.3) is 0 Å².